The second kappa shape index (κ2) is 7.96. The standard InChI is InChI=1S/C13H20N2O5S/c1-3-15(2)9-8-14-21(18,19)12-6-4-11(5-7-12)20-10-13(16)17/h4-7,14H,3,8-10H2,1-2H3,(H,16,17). The Hall–Kier alpha value is -1.64. The number of aliphatic carboxylic acids is 1. The lowest BCUT2D eigenvalue weighted by atomic mass is 10.3. The van der Waals surface area contributed by atoms with Gasteiger partial charge in [0.15, 0.2) is 6.61 Å². The number of carbonyl (C=O) groups is 1. The molecule has 0 heterocycles. The Balaban J connectivity index is 2.60. The van der Waals surface area contributed by atoms with Crippen molar-refractivity contribution in [2.24, 2.45) is 0 Å². The van der Waals surface area contributed by atoms with Crippen molar-refractivity contribution in [1.29, 1.82) is 0 Å². The van der Waals surface area contributed by atoms with E-state index in [4.69, 9.17) is 9.84 Å². The van der Waals surface area contributed by atoms with Gasteiger partial charge in [0.05, 0.1) is 4.90 Å². The van der Waals surface area contributed by atoms with Gasteiger partial charge in [-0.15, -0.1) is 0 Å². The van der Waals surface area contributed by atoms with Crippen LogP contribution in [0.15, 0.2) is 29.2 Å². The molecule has 1 aromatic rings. The van der Waals surface area contributed by atoms with Gasteiger partial charge in [0, 0.05) is 13.1 Å². The summed E-state index contributed by atoms with van der Waals surface area (Å²) < 4.78 is 31.5. The minimum absolute atomic E-state index is 0.115. The van der Waals surface area contributed by atoms with Gasteiger partial charge < -0.3 is 14.7 Å². The molecular formula is C13H20N2O5S. The zero-order valence-corrected chi connectivity index (χ0v) is 12.9. The second-order valence-corrected chi connectivity index (χ2v) is 6.21. The molecule has 2 N–H and O–H groups in total. The first kappa shape index (κ1) is 17.4. The smallest absolute Gasteiger partial charge is 0.341 e. The number of nitrogens with one attached hydrogen (secondary N) is 1. The zero-order chi connectivity index (χ0) is 15.9. The van der Waals surface area contributed by atoms with Crippen LogP contribution in [0.1, 0.15) is 6.92 Å². The topological polar surface area (TPSA) is 95.9 Å². The van der Waals surface area contributed by atoms with Crippen LogP contribution in [0.2, 0.25) is 0 Å². The van der Waals surface area contributed by atoms with Gasteiger partial charge in [-0.25, -0.2) is 17.9 Å². The molecule has 0 unspecified atom stereocenters. The van der Waals surface area contributed by atoms with Gasteiger partial charge in [0.2, 0.25) is 10.0 Å². The van der Waals surface area contributed by atoms with Gasteiger partial charge in [-0.1, -0.05) is 6.92 Å². The minimum Gasteiger partial charge on any atom is -0.482 e. The maximum atomic E-state index is 12.0. The molecule has 1 rings (SSSR count). The van der Waals surface area contributed by atoms with E-state index in [0.717, 1.165) is 6.54 Å². The number of carboxylic acid groups (broad SMARTS) is 1. The molecule has 1 aromatic carbocycles. The van der Waals surface area contributed by atoms with Crippen LogP contribution >= 0.6 is 0 Å². The van der Waals surface area contributed by atoms with Crippen molar-refractivity contribution in [3.8, 4) is 5.75 Å². The first-order chi connectivity index (χ1) is 9.85. The summed E-state index contributed by atoms with van der Waals surface area (Å²) in [7, 11) is -1.66. The lowest BCUT2D eigenvalue weighted by molar-refractivity contribution is -0.139. The van der Waals surface area contributed by atoms with E-state index in [9.17, 15) is 13.2 Å². The molecule has 0 aliphatic rings. The molecule has 0 amide bonds. The summed E-state index contributed by atoms with van der Waals surface area (Å²) in [6, 6.07) is 5.61. The monoisotopic (exact) mass is 316 g/mol. The molecule has 0 radical (unpaired) electrons. The Morgan fingerprint density at radius 3 is 2.48 bits per heavy atom. The van der Waals surface area contributed by atoms with E-state index in [2.05, 4.69) is 4.72 Å². The molecule has 0 spiro atoms. The highest BCUT2D eigenvalue weighted by atomic mass is 32.2. The van der Waals surface area contributed by atoms with E-state index in [0.29, 0.717) is 18.8 Å². The third-order valence-corrected chi connectivity index (χ3v) is 4.30. The van der Waals surface area contributed by atoms with E-state index in [-0.39, 0.29) is 4.90 Å². The van der Waals surface area contributed by atoms with Gasteiger partial charge in [-0.3, -0.25) is 0 Å². The number of hydrogen-bond acceptors (Lipinski definition) is 5. The fourth-order valence-corrected chi connectivity index (χ4v) is 2.49. The highest BCUT2D eigenvalue weighted by Crippen LogP contribution is 2.15. The highest BCUT2D eigenvalue weighted by Gasteiger charge is 2.13. The molecule has 0 aromatic heterocycles. The normalized spacial score (nSPS) is 11.6. The summed E-state index contributed by atoms with van der Waals surface area (Å²) in [6.45, 7) is 3.31. The Morgan fingerprint density at radius 1 is 1.33 bits per heavy atom. The Morgan fingerprint density at radius 2 is 1.95 bits per heavy atom. The van der Waals surface area contributed by atoms with Crippen LogP contribution in [0.5, 0.6) is 5.75 Å². The lowest BCUT2D eigenvalue weighted by Gasteiger charge is -2.14. The van der Waals surface area contributed by atoms with E-state index >= 15 is 0 Å². The fourth-order valence-electron chi connectivity index (χ4n) is 1.47. The Kier molecular flexibility index (Phi) is 6.60. The molecule has 0 aliphatic carbocycles. The zero-order valence-electron chi connectivity index (χ0n) is 12.1. The van der Waals surface area contributed by atoms with Crippen LogP contribution in [0, 0.1) is 0 Å². The van der Waals surface area contributed by atoms with E-state index in [1.807, 2.05) is 18.9 Å². The van der Waals surface area contributed by atoms with Crippen molar-refractivity contribution < 1.29 is 23.1 Å². The average molecular weight is 316 g/mol. The number of ether oxygens (including phenoxy) is 1. The van der Waals surface area contributed by atoms with Crippen molar-refractivity contribution in [2.75, 3.05) is 33.3 Å². The molecule has 7 nitrogen and oxygen atoms in total. The number of benzene rings is 1. The number of carboxylic acids is 1. The van der Waals surface area contributed by atoms with Gasteiger partial charge in [0.25, 0.3) is 0 Å². The number of nitrogens with zero attached hydrogens (tertiary/aromatic N) is 1. The Bertz CT molecular complexity index is 556. The molecule has 0 fully saturated rings. The number of hydrogen-bond donors (Lipinski definition) is 2. The average Bonchev–Trinajstić information content (AvgIpc) is 2.45. The summed E-state index contributed by atoms with van der Waals surface area (Å²) in [5.41, 5.74) is 0. The largest absolute Gasteiger partial charge is 0.482 e. The van der Waals surface area contributed by atoms with Gasteiger partial charge in [-0.05, 0) is 37.9 Å². The van der Waals surface area contributed by atoms with Crippen molar-refractivity contribution >= 4 is 16.0 Å². The first-order valence-corrected chi connectivity index (χ1v) is 7.96. The third kappa shape index (κ3) is 6.11. The molecule has 0 atom stereocenters. The molecule has 0 saturated heterocycles. The van der Waals surface area contributed by atoms with Crippen LogP contribution < -0.4 is 9.46 Å². The second-order valence-electron chi connectivity index (χ2n) is 4.45. The van der Waals surface area contributed by atoms with Crippen LogP contribution in [-0.2, 0) is 14.8 Å². The highest BCUT2D eigenvalue weighted by molar-refractivity contribution is 7.89. The minimum atomic E-state index is -3.56. The van der Waals surface area contributed by atoms with Crippen LogP contribution in [0.25, 0.3) is 0 Å². The Labute approximate surface area is 124 Å². The molecule has 0 bridgehead atoms. The van der Waals surface area contributed by atoms with E-state index in [1.165, 1.54) is 24.3 Å². The van der Waals surface area contributed by atoms with Crippen LogP contribution in [-0.4, -0.2) is 57.7 Å². The summed E-state index contributed by atoms with van der Waals surface area (Å²) in [4.78, 5) is 12.5. The molecule has 0 saturated carbocycles. The molecule has 8 heteroatoms. The number of sulfonamides is 1. The lowest BCUT2D eigenvalue weighted by Crippen LogP contribution is -2.32. The number of likely N-dealkylation sites (N-methyl/N-ethyl adjacent to an activating group) is 1. The summed E-state index contributed by atoms with van der Waals surface area (Å²) in [5, 5.41) is 8.49. The SMILES string of the molecule is CCN(C)CCNS(=O)(=O)c1ccc(OCC(=O)O)cc1. The quantitative estimate of drug-likeness (QED) is 0.684. The van der Waals surface area contributed by atoms with Gasteiger partial charge in [0.1, 0.15) is 5.75 Å². The first-order valence-electron chi connectivity index (χ1n) is 6.48. The van der Waals surface area contributed by atoms with Crippen LogP contribution in [0.3, 0.4) is 0 Å². The van der Waals surface area contributed by atoms with Gasteiger partial charge >= 0.3 is 5.97 Å². The fraction of sp³-hybridized carbons (Fsp3) is 0.462. The van der Waals surface area contributed by atoms with E-state index < -0.39 is 22.6 Å². The summed E-state index contributed by atoms with van der Waals surface area (Å²) >= 11 is 0. The molecular weight excluding hydrogens is 296 g/mol. The predicted octanol–water partition coefficient (Wildman–Crippen LogP) is 0.380. The molecule has 21 heavy (non-hydrogen) atoms. The maximum absolute atomic E-state index is 12.0. The van der Waals surface area contributed by atoms with Gasteiger partial charge in [-0.2, -0.15) is 0 Å². The van der Waals surface area contributed by atoms with Crippen molar-refractivity contribution in [2.45, 2.75) is 11.8 Å². The van der Waals surface area contributed by atoms with E-state index in [1.54, 1.807) is 0 Å². The van der Waals surface area contributed by atoms with Crippen LogP contribution in [0.4, 0.5) is 0 Å². The number of rotatable bonds is 9. The third-order valence-electron chi connectivity index (χ3n) is 2.82. The predicted molar refractivity (Wildman–Crippen MR) is 77.9 cm³/mol. The van der Waals surface area contributed by atoms with Crippen molar-refractivity contribution in [1.82, 2.24) is 9.62 Å². The molecule has 118 valence electrons. The van der Waals surface area contributed by atoms with Crippen molar-refractivity contribution in [3.05, 3.63) is 24.3 Å². The summed E-state index contributed by atoms with van der Waals surface area (Å²) in [5.74, 6) is -0.782. The molecule has 0 aliphatic heterocycles. The maximum Gasteiger partial charge on any atom is 0.341 e. The van der Waals surface area contributed by atoms with Crippen molar-refractivity contribution in [3.63, 3.8) is 0 Å². The summed E-state index contributed by atoms with van der Waals surface area (Å²) in [6.07, 6.45) is 0.